The van der Waals surface area contributed by atoms with E-state index in [2.05, 4.69) is 39.5 Å². The summed E-state index contributed by atoms with van der Waals surface area (Å²) in [4.78, 5) is 0. The molecule has 2 aliphatic carbocycles. The molecule has 0 radical (unpaired) electrons. The maximum Gasteiger partial charge on any atom is 0.149 e. The molecule has 42 heavy (non-hydrogen) atoms. The Hall–Kier alpha value is -4.20. The third kappa shape index (κ3) is 6.03. The van der Waals surface area contributed by atoms with Crippen molar-refractivity contribution in [3.63, 3.8) is 0 Å². The number of phenols is 1. The number of nitrogens with zero attached hydrogens (tertiary/aromatic N) is 4. The van der Waals surface area contributed by atoms with Crippen LogP contribution < -0.4 is 16.2 Å². The highest BCUT2D eigenvalue weighted by molar-refractivity contribution is 5.69. The van der Waals surface area contributed by atoms with Crippen LogP contribution in [-0.2, 0) is 0 Å². The van der Waals surface area contributed by atoms with Crippen molar-refractivity contribution >= 4 is 11.6 Å². The topological polar surface area (TPSA) is 133 Å². The Labute approximate surface area is 247 Å². The van der Waals surface area contributed by atoms with Gasteiger partial charge in [0, 0.05) is 22.3 Å². The number of para-hydroxylation sites is 2. The molecule has 0 unspecified atom stereocenters. The van der Waals surface area contributed by atoms with E-state index in [1.54, 1.807) is 12.1 Å². The van der Waals surface area contributed by atoms with Gasteiger partial charge in [-0.1, -0.05) is 44.0 Å². The van der Waals surface area contributed by atoms with Crippen LogP contribution in [0, 0.1) is 11.8 Å². The van der Waals surface area contributed by atoms with Gasteiger partial charge in [-0.25, -0.2) is 0 Å². The minimum absolute atomic E-state index is 0.188. The quantitative estimate of drug-likeness (QED) is 0.216. The van der Waals surface area contributed by atoms with E-state index in [0.29, 0.717) is 47.3 Å². The summed E-state index contributed by atoms with van der Waals surface area (Å²) in [6.07, 6.45) is 8.82. The summed E-state index contributed by atoms with van der Waals surface area (Å²) in [6, 6.07) is 19.4. The number of ether oxygens (including phenoxy) is 1. The second-order valence-electron chi connectivity index (χ2n) is 12.1. The molecule has 0 spiro atoms. The van der Waals surface area contributed by atoms with E-state index in [1.807, 2.05) is 36.4 Å². The monoisotopic (exact) mass is 564 g/mol. The van der Waals surface area contributed by atoms with Gasteiger partial charge in [0.25, 0.3) is 0 Å². The van der Waals surface area contributed by atoms with Crippen LogP contribution in [0.2, 0.25) is 0 Å². The molecule has 0 aliphatic heterocycles. The lowest BCUT2D eigenvalue weighted by molar-refractivity contribution is 0.200. The largest absolute Gasteiger partial charge is 0.507 e. The summed E-state index contributed by atoms with van der Waals surface area (Å²) in [5.74, 6) is 4.00. The van der Waals surface area contributed by atoms with Gasteiger partial charge in [-0.3, -0.25) is 0 Å². The highest BCUT2D eigenvalue weighted by Crippen LogP contribution is 2.41. The van der Waals surface area contributed by atoms with E-state index >= 15 is 0 Å². The summed E-state index contributed by atoms with van der Waals surface area (Å²) in [5, 5.41) is 27.6. The number of hydrogen-bond acceptors (Lipinski definition) is 8. The highest BCUT2D eigenvalue weighted by atomic mass is 16.5. The van der Waals surface area contributed by atoms with E-state index < -0.39 is 0 Å². The molecule has 2 saturated carbocycles. The highest BCUT2D eigenvalue weighted by Gasteiger charge is 2.27. The second-order valence-corrected chi connectivity index (χ2v) is 12.1. The van der Waals surface area contributed by atoms with E-state index in [0.717, 1.165) is 72.6 Å². The average molecular weight is 565 g/mol. The van der Waals surface area contributed by atoms with Crippen LogP contribution in [0.4, 0.5) is 11.6 Å². The third-order valence-corrected chi connectivity index (χ3v) is 9.27. The average Bonchev–Trinajstić information content (AvgIpc) is 3.02. The maximum atomic E-state index is 10.3. The minimum Gasteiger partial charge on any atom is -0.507 e. The maximum absolute atomic E-state index is 10.3. The zero-order chi connectivity index (χ0) is 29.1. The number of phenolic OH excluding ortho intramolecular Hbond substituents is 1. The van der Waals surface area contributed by atoms with Crippen LogP contribution in [-0.4, -0.2) is 32.1 Å². The third-order valence-electron chi connectivity index (χ3n) is 9.27. The van der Waals surface area contributed by atoms with Gasteiger partial charge in [0.1, 0.15) is 23.1 Å². The fourth-order valence-corrected chi connectivity index (χ4v) is 6.66. The van der Waals surface area contributed by atoms with Crippen molar-refractivity contribution in [2.24, 2.45) is 11.8 Å². The van der Waals surface area contributed by atoms with Gasteiger partial charge in [-0.15, -0.1) is 20.4 Å². The Bertz CT molecular complexity index is 1530. The lowest BCUT2D eigenvalue weighted by Gasteiger charge is -2.29. The van der Waals surface area contributed by atoms with E-state index in [1.165, 1.54) is 12.8 Å². The fraction of sp³-hybridized carbons (Fsp3) is 0.412. The Balaban J connectivity index is 1.11. The van der Waals surface area contributed by atoms with E-state index in [-0.39, 0.29) is 5.75 Å². The SMILES string of the molecule is CC1CCC(c2cc(-c3ccccc3OCC3CCC(c4cc(-c5ccccc5O)nnc4N)CC3)nnc2N)CC1. The predicted octanol–water partition coefficient (Wildman–Crippen LogP) is 7.12. The first-order valence-corrected chi connectivity index (χ1v) is 15.2. The van der Waals surface area contributed by atoms with E-state index in [9.17, 15) is 5.11 Å². The number of rotatable bonds is 7. The van der Waals surface area contributed by atoms with Crippen molar-refractivity contribution in [1.82, 2.24) is 20.4 Å². The van der Waals surface area contributed by atoms with Crippen molar-refractivity contribution in [3.8, 4) is 34.0 Å². The number of hydrogen-bond donors (Lipinski definition) is 3. The smallest absolute Gasteiger partial charge is 0.149 e. The summed E-state index contributed by atoms with van der Waals surface area (Å²) in [6.45, 7) is 2.97. The van der Waals surface area contributed by atoms with Crippen molar-refractivity contribution < 1.29 is 9.84 Å². The molecule has 5 N–H and O–H groups in total. The predicted molar refractivity (Wildman–Crippen MR) is 166 cm³/mol. The van der Waals surface area contributed by atoms with Crippen molar-refractivity contribution in [1.29, 1.82) is 0 Å². The molecule has 2 aliphatic rings. The van der Waals surface area contributed by atoms with Gasteiger partial charge < -0.3 is 21.3 Å². The molecule has 0 atom stereocenters. The molecule has 2 aromatic heterocycles. The molecule has 4 aromatic rings. The Morgan fingerprint density at radius 2 is 1.21 bits per heavy atom. The summed E-state index contributed by atoms with van der Waals surface area (Å²) in [7, 11) is 0. The first kappa shape index (κ1) is 27.9. The van der Waals surface area contributed by atoms with Gasteiger partial charge in [0.15, 0.2) is 0 Å². The first-order chi connectivity index (χ1) is 20.5. The number of nitrogens with two attached hydrogens (primary N) is 2. The molecular weight excluding hydrogens is 524 g/mol. The van der Waals surface area contributed by atoms with Crippen LogP contribution in [0.25, 0.3) is 22.5 Å². The standard InChI is InChI=1S/C34H40N6O2/c1-21-10-14-23(15-11-21)28-19-30(38-40-34(28)36)26-7-3-5-9-32(26)42-20-22-12-16-24(17-13-22)27-18-29(37-39-33(27)35)25-6-2-4-8-31(25)41/h2-9,18-19,21-24,41H,10-17,20H2,1H3,(H2,35,39)(H2,36,40). The summed E-state index contributed by atoms with van der Waals surface area (Å²) >= 11 is 0. The minimum atomic E-state index is 0.188. The normalized spacial score (nSPS) is 22.5. The number of benzene rings is 2. The molecule has 218 valence electrons. The van der Waals surface area contributed by atoms with Crippen molar-refractivity contribution in [3.05, 3.63) is 71.8 Å². The van der Waals surface area contributed by atoms with Gasteiger partial charge >= 0.3 is 0 Å². The molecule has 2 fully saturated rings. The van der Waals surface area contributed by atoms with Crippen LogP contribution in [0.1, 0.15) is 81.3 Å². The molecule has 8 heteroatoms. The lowest BCUT2D eigenvalue weighted by Crippen LogP contribution is -2.20. The molecular formula is C34H40N6O2. The Morgan fingerprint density at radius 1 is 0.690 bits per heavy atom. The molecule has 6 rings (SSSR count). The van der Waals surface area contributed by atoms with Gasteiger partial charge in [-0.2, -0.15) is 0 Å². The zero-order valence-corrected chi connectivity index (χ0v) is 24.2. The van der Waals surface area contributed by atoms with Crippen molar-refractivity contribution in [2.45, 2.75) is 70.1 Å². The van der Waals surface area contributed by atoms with E-state index in [4.69, 9.17) is 16.2 Å². The lowest BCUT2D eigenvalue weighted by atomic mass is 9.79. The summed E-state index contributed by atoms with van der Waals surface area (Å²) in [5.41, 5.74) is 17.8. The number of nitrogen functional groups attached to an aromatic ring is 2. The van der Waals surface area contributed by atoms with Gasteiger partial charge in [0.05, 0.1) is 18.0 Å². The Kier molecular flexibility index (Phi) is 8.22. The summed E-state index contributed by atoms with van der Waals surface area (Å²) < 4.78 is 6.44. The number of aromatic nitrogens is 4. The molecule has 8 nitrogen and oxygen atoms in total. The van der Waals surface area contributed by atoms with Crippen LogP contribution in [0.5, 0.6) is 11.5 Å². The van der Waals surface area contributed by atoms with Gasteiger partial charge in [0.2, 0.25) is 0 Å². The number of aromatic hydroxyl groups is 1. The van der Waals surface area contributed by atoms with Gasteiger partial charge in [-0.05, 0) is 98.6 Å². The molecule has 0 saturated heterocycles. The molecule has 2 heterocycles. The molecule has 2 aromatic carbocycles. The second kappa shape index (κ2) is 12.3. The van der Waals surface area contributed by atoms with Crippen LogP contribution in [0.3, 0.4) is 0 Å². The zero-order valence-electron chi connectivity index (χ0n) is 24.2. The molecule has 0 amide bonds. The van der Waals surface area contributed by atoms with Crippen molar-refractivity contribution in [2.75, 3.05) is 18.1 Å². The van der Waals surface area contributed by atoms with Crippen LogP contribution in [0.15, 0.2) is 60.7 Å². The number of anilines is 2. The Morgan fingerprint density at radius 3 is 1.83 bits per heavy atom. The molecule has 0 bridgehead atoms. The first-order valence-electron chi connectivity index (χ1n) is 15.2. The fourth-order valence-electron chi connectivity index (χ4n) is 6.66. The van der Waals surface area contributed by atoms with Crippen LogP contribution >= 0.6 is 0 Å².